The highest BCUT2D eigenvalue weighted by Crippen LogP contribution is 2.57. The summed E-state index contributed by atoms with van der Waals surface area (Å²) in [6.07, 6.45) is 7.21. The minimum Gasteiger partial charge on any atom is -0.489 e. The van der Waals surface area contributed by atoms with E-state index in [2.05, 4.69) is 17.4 Å². The Labute approximate surface area is 180 Å². The molecule has 0 aliphatic heterocycles. The molecule has 0 radical (unpaired) electrons. The molecule has 5 heteroatoms. The number of ether oxygens (including phenoxy) is 2. The monoisotopic (exact) mass is 417 g/mol. The predicted octanol–water partition coefficient (Wildman–Crippen LogP) is 5.46. The molecule has 0 spiro atoms. The molecule has 4 rings (SSSR count). The quantitative estimate of drug-likeness (QED) is 0.580. The zero-order valence-electron chi connectivity index (χ0n) is 18.9. The molecule has 0 heterocycles. The Morgan fingerprint density at radius 2 is 1.73 bits per heavy atom. The average molecular weight is 418 g/mol. The number of benzene rings is 1. The third-order valence-electron chi connectivity index (χ3n) is 7.45. The van der Waals surface area contributed by atoms with Gasteiger partial charge in [0.15, 0.2) is 0 Å². The largest absolute Gasteiger partial charge is 0.489 e. The highest BCUT2D eigenvalue weighted by atomic mass is 19.1. The first-order chi connectivity index (χ1) is 14.3. The molecule has 30 heavy (non-hydrogen) atoms. The van der Waals surface area contributed by atoms with Gasteiger partial charge in [-0.25, -0.2) is 4.39 Å². The Balaban J connectivity index is 1.60. The van der Waals surface area contributed by atoms with E-state index in [1.54, 1.807) is 7.11 Å². The van der Waals surface area contributed by atoms with Crippen molar-refractivity contribution < 1.29 is 18.7 Å². The standard InChI is InChI=1S/C25H36FNO3/c1-5-19(16-26)17-30-21-8-6-20(7-9-21)24-10-13-25(14-11-24,15-12-24)22(28)27-18-23(2,3)29-4/h6-9,16H,5,10-15,17-18H2,1-4H3,(H,27,28)/b19-16+. The first-order valence-corrected chi connectivity index (χ1v) is 11.1. The second-order valence-corrected chi connectivity index (χ2v) is 9.64. The van der Waals surface area contributed by atoms with Crippen molar-refractivity contribution in [2.75, 3.05) is 20.3 Å². The maximum absolute atomic E-state index is 13.0. The van der Waals surface area contributed by atoms with Crippen molar-refractivity contribution in [2.45, 2.75) is 76.7 Å². The molecule has 2 bridgehead atoms. The van der Waals surface area contributed by atoms with Crippen LogP contribution < -0.4 is 10.1 Å². The van der Waals surface area contributed by atoms with Crippen LogP contribution in [0.4, 0.5) is 4.39 Å². The normalized spacial score (nSPS) is 26.5. The number of methoxy groups -OCH3 is 1. The van der Waals surface area contributed by atoms with Gasteiger partial charge in [-0.2, -0.15) is 0 Å². The summed E-state index contributed by atoms with van der Waals surface area (Å²) in [4.78, 5) is 13.0. The van der Waals surface area contributed by atoms with Gasteiger partial charge in [0.2, 0.25) is 5.91 Å². The predicted molar refractivity (Wildman–Crippen MR) is 117 cm³/mol. The molecule has 1 amide bonds. The highest BCUT2D eigenvalue weighted by molar-refractivity contribution is 5.83. The van der Waals surface area contributed by atoms with Crippen LogP contribution in [0.1, 0.15) is 71.3 Å². The first-order valence-electron chi connectivity index (χ1n) is 11.1. The lowest BCUT2D eigenvalue weighted by Gasteiger charge is -2.53. The van der Waals surface area contributed by atoms with Gasteiger partial charge in [0, 0.05) is 19.1 Å². The summed E-state index contributed by atoms with van der Waals surface area (Å²) in [5.41, 5.74) is 1.59. The average Bonchev–Trinajstić information content (AvgIpc) is 2.79. The highest BCUT2D eigenvalue weighted by Gasteiger charge is 2.52. The SMILES string of the molecule is CC/C(=C\F)COc1ccc(C23CCC(C(=O)NCC(C)(C)OC)(CC2)CC3)cc1. The molecule has 1 aromatic carbocycles. The molecule has 4 nitrogen and oxygen atoms in total. The number of carbonyl (C=O) groups is 1. The van der Waals surface area contributed by atoms with Crippen LogP contribution >= 0.6 is 0 Å². The number of carbonyl (C=O) groups excluding carboxylic acids is 1. The number of halogens is 1. The number of nitrogens with one attached hydrogen (secondary N) is 1. The van der Waals surface area contributed by atoms with E-state index in [1.807, 2.05) is 32.9 Å². The maximum atomic E-state index is 13.0. The molecule has 0 unspecified atom stereocenters. The van der Waals surface area contributed by atoms with Crippen molar-refractivity contribution in [3.05, 3.63) is 41.7 Å². The lowest BCUT2D eigenvalue weighted by molar-refractivity contribution is -0.139. The third kappa shape index (κ3) is 4.72. The smallest absolute Gasteiger partial charge is 0.226 e. The molecule has 3 saturated carbocycles. The zero-order chi connectivity index (χ0) is 21.8. The van der Waals surface area contributed by atoms with E-state index >= 15 is 0 Å². The number of hydrogen-bond acceptors (Lipinski definition) is 3. The van der Waals surface area contributed by atoms with Crippen molar-refractivity contribution in [3.8, 4) is 5.75 Å². The number of rotatable bonds is 9. The lowest BCUT2D eigenvalue weighted by Crippen LogP contribution is -2.53. The van der Waals surface area contributed by atoms with Crippen molar-refractivity contribution in [2.24, 2.45) is 5.41 Å². The molecule has 1 N–H and O–H groups in total. The molecular formula is C25H36FNO3. The fourth-order valence-corrected chi connectivity index (χ4v) is 4.80. The first kappa shape index (κ1) is 22.8. The molecule has 1 aromatic rings. The summed E-state index contributed by atoms with van der Waals surface area (Å²) in [5, 5.41) is 3.14. The Morgan fingerprint density at radius 3 is 2.23 bits per heavy atom. The van der Waals surface area contributed by atoms with E-state index < -0.39 is 0 Å². The van der Waals surface area contributed by atoms with Crippen LogP contribution in [0, 0.1) is 5.41 Å². The molecule has 3 aliphatic rings. The third-order valence-corrected chi connectivity index (χ3v) is 7.45. The van der Waals surface area contributed by atoms with Gasteiger partial charge in [-0.1, -0.05) is 19.1 Å². The molecule has 166 valence electrons. The van der Waals surface area contributed by atoms with E-state index in [0.29, 0.717) is 24.9 Å². The van der Waals surface area contributed by atoms with Gasteiger partial charge in [-0.15, -0.1) is 0 Å². The molecule has 0 atom stereocenters. The van der Waals surface area contributed by atoms with Crippen LogP contribution in [-0.2, 0) is 14.9 Å². The summed E-state index contributed by atoms with van der Waals surface area (Å²) >= 11 is 0. The molecule has 3 aliphatic carbocycles. The minimum atomic E-state index is -0.346. The van der Waals surface area contributed by atoms with Crippen LogP contribution in [0.3, 0.4) is 0 Å². The van der Waals surface area contributed by atoms with E-state index in [9.17, 15) is 9.18 Å². The Bertz CT molecular complexity index is 745. The second kappa shape index (κ2) is 9.09. The molecule has 3 fully saturated rings. The van der Waals surface area contributed by atoms with E-state index in [0.717, 1.165) is 44.3 Å². The Morgan fingerprint density at radius 1 is 1.13 bits per heavy atom. The summed E-state index contributed by atoms with van der Waals surface area (Å²) in [6.45, 7) is 6.72. The van der Waals surface area contributed by atoms with Crippen LogP contribution in [0.25, 0.3) is 0 Å². The molecular weight excluding hydrogens is 381 g/mol. The molecule has 0 saturated heterocycles. The van der Waals surface area contributed by atoms with Gasteiger partial charge in [-0.3, -0.25) is 4.79 Å². The zero-order valence-corrected chi connectivity index (χ0v) is 18.9. The van der Waals surface area contributed by atoms with Crippen LogP contribution in [-0.4, -0.2) is 31.8 Å². The van der Waals surface area contributed by atoms with Crippen molar-refractivity contribution in [3.63, 3.8) is 0 Å². The van der Waals surface area contributed by atoms with E-state index in [1.165, 1.54) is 5.56 Å². The number of fused-ring (bicyclic) bond motifs is 3. The van der Waals surface area contributed by atoms with Gasteiger partial charge in [-0.05, 0) is 87.5 Å². The van der Waals surface area contributed by atoms with Gasteiger partial charge >= 0.3 is 0 Å². The summed E-state index contributed by atoms with van der Waals surface area (Å²) in [6, 6.07) is 8.29. The number of amides is 1. The van der Waals surface area contributed by atoms with Crippen molar-refractivity contribution in [1.29, 1.82) is 0 Å². The van der Waals surface area contributed by atoms with E-state index in [4.69, 9.17) is 9.47 Å². The lowest BCUT2D eigenvalue weighted by atomic mass is 9.51. The van der Waals surface area contributed by atoms with Gasteiger partial charge < -0.3 is 14.8 Å². The Hall–Kier alpha value is -1.88. The summed E-state index contributed by atoms with van der Waals surface area (Å²) < 4.78 is 23.8. The van der Waals surface area contributed by atoms with Crippen molar-refractivity contribution >= 4 is 5.91 Å². The van der Waals surface area contributed by atoms with E-state index in [-0.39, 0.29) is 28.9 Å². The summed E-state index contributed by atoms with van der Waals surface area (Å²) in [5.74, 6) is 0.960. The van der Waals surface area contributed by atoms with Crippen LogP contribution in [0.2, 0.25) is 0 Å². The van der Waals surface area contributed by atoms with Crippen LogP contribution in [0.5, 0.6) is 5.75 Å². The topological polar surface area (TPSA) is 47.6 Å². The van der Waals surface area contributed by atoms with Crippen molar-refractivity contribution in [1.82, 2.24) is 5.32 Å². The van der Waals surface area contributed by atoms with Gasteiger partial charge in [0.05, 0.1) is 11.9 Å². The Kier molecular flexibility index (Phi) is 6.91. The molecule has 0 aromatic heterocycles. The van der Waals surface area contributed by atoms with Crippen LogP contribution in [0.15, 0.2) is 36.2 Å². The minimum absolute atomic E-state index is 0.166. The fourth-order valence-electron chi connectivity index (χ4n) is 4.80. The number of hydrogen-bond donors (Lipinski definition) is 1. The fraction of sp³-hybridized carbons (Fsp3) is 0.640. The summed E-state index contributed by atoms with van der Waals surface area (Å²) in [7, 11) is 1.68. The second-order valence-electron chi connectivity index (χ2n) is 9.64. The van der Waals surface area contributed by atoms with Gasteiger partial charge in [0.25, 0.3) is 0 Å². The van der Waals surface area contributed by atoms with Gasteiger partial charge in [0.1, 0.15) is 12.4 Å². The maximum Gasteiger partial charge on any atom is 0.226 e.